The van der Waals surface area contributed by atoms with Crippen LogP contribution in [0.3, 0.4) is 0 Å². The second-order valence-electron chi connectivity index (χ2n) is 7.82. The Morgan fingerprint density at radius 1 is 1.07 bits per heavy atom. The van der Waals surface area contributed by atoms with Gasteiger partial charge in [-0.3, -0.25) is 0 Å². The van der Waals surface area contributed by atoms with Gasteiger partial charge in [0, 0.05) is 43.9 Å². The number of benzene rings is 1. The molecule has 9 heteroatoms. The van der Waals surface area contributed by atoms with Crippen LogP contribution in [0.25, 0.3) is 10.9 Å². The molecule has 1 unspecified atom stereocenters. The van der Waals surface area contributed by atoms with Crippen LogP contribution >= 0.6 is 0 Å². The number of hydrogen-bond acceptors (Lipinski definition) is 7. The summed E-state index contributed by atoms with van der Waals surface area (Å²) in [6, 6.07) is 3.83. The molecule has 2 aromatic rings. The maximum absolute atomic E-state index is 12.0. The molecule has 28 heavy (non-hydrogen) atoms. The zero-order valence-electron chi connectivity index (χ0n) is 16.6. The van der Waals surface area contributed by atoms with Crippen molar-refractivity contribution in [3.05, 3.63) is 18.5 Å². The van der Waals surface area contributed by atoms with E-state index >= 15 is 0 Å². The van der Waals surface area contributed by atoms with Gasteiger partial charge in [-0.2, -0.15) is 0 Å². The van der Waals surface area contributed by atoms with Gasteiger partial charge in [0.1, 0.15) is 22.1 Å². The molecule has 1 spiro atoms. The molecule has 8 nitrogen and oxygen atoms in total. The molecule has 0 bridgehead atoms. The Hall–Kier alpha value is -2.13. The maximum atomic E-state index is 12.0. The van der Waals surface area contributed by atoms with E-state index in [1.807, 2.05) is 16.4 Å². The Morgan fingerprint density at radius 3 is 2.36 bits per heavy atom. The Labute approximate surface area is 166 Å². The fourth-order valence-corrected chi connectivity index (χ4v) is 5.33. The van der Waals surface area contributed by atoms with Crippen LogP contribution in [0.2, 0.25) is 0 Å². The lowest BCUT2D eigenvalue weighted by atomic mass is 9.78. The van der Waals surface area contributed by atoms with Crippen LogP contribution in [0, 0.1) is 10.2 Å². The molecule has 0 saturated carbocycles. The summed E-state index contributed by atoms with van der Waals surface area (Å²) in [6.45, 7) is 3.30. The van der Waals surface area contributed by atoms with E-state index in [9.17, 15) is 4.21 Å². The van der Waals surface area contributed by atoms with E-state index in [0.717, 1.165) is 62.2 Å². The van der Waals surface area contributed by atoms with Crippen LogP contribution in [-0.2, 0) is 9.92 Å². The SMILES string of the molecule is COc1cc2ncnc(N3CCC4(CCN(S(C)(=N)=O)CC4)C3)c2cc1OC. The maximum Gasteiger partial charge on any atom is 0.162 e. The molecule has 4 rings (SSSR count). The van der Waals surface area contributed by atoms with E-state index in [1.165, 1.54) is 6.26 Å². The molecular formula is C19H27N5O3S. The molecule has 1 N–H and O–H groups in total. The number of methoxy groups -OCH3 is 2. The standard InChI is InChI=1S/C19H27N5O3S/c1-26-16-10-14-15(11-17(16)27-2)21-13-22-18(14)23-7-4-19(12-23)5-8-24(9-6-19)28(3,20)25/h10-11,13,20H,4-9,12H2,1-3H3. The Kier molecular flexibility index (Phi) is 4.83. The summed E-state index contributed by atoms with van der Waals surface area (Å²) in [5.74, 6) is 2.25. The van der Waals surface area contributed by atoms with E-state index in [2.05, 4.69) is 14.9 Å². The van der Waals surface area contributed by atoms with Gasteiger partial charge < -0.3 is 14.4 Å². The van der Waals surface area contributed by atoms with Gasteiger partial charge in [-0.05, 0) is 30.7 Å². The van der Waals surface area contributed by atoms with Gasteiger partial charge in [-0.1, -0.05) is 0 Å². The first-order chi connectivity index (χ1) is 13.3. The molecule has 3 heterocycles. The molecule has 152 valence electrons. The zero-order chi connectivity index (χ0) is 19.9. The van der Waals surface area contributed by atoms with Crippen molar-refractivity contribution < 1.29 is 13.7 Å². The smallest absolute Gasteiger partial charge is 0.162 e. The predicted molar refractivity (Wildman–Crippen MR) is 109 cm³/mol. The average Bonchev–Trinajstić information content (AvgIpc) is 3.09. The van der Waals surface area contributed by atoms with Crippen molar-refractivity contribution in [1.82, 2.24) is 14.3 Å². The van der Waals surface area contributed by atoms with Crippen molar-refractivity contribution in [2.24, 2.45) is 5.41 Å². The van der Waals surface area contributed by atoms with E-state index in [1.54, 1.807) is 20.5 Å². The summed E-state index contributed by atoms with van der Waals surface area (Å²) in [4.78, 5) is 11.3. The summed E-state index contributed by atoms with van der Waals surface area (Å²) in [6.07, 6.45) is 6.13. The molecule has 1 aromatic carbocycles. The van der Waals surface area contributed by atoms with Crippen molar-refractivity contribution in [2.45, 2.75) is 19.3 Å². The van der Waals surface area contributed by atoms with Gasteiger partial charge in [0.2, 0.25) is 0 Å². The number of piperidine rings is 1. The number of hydrogen-bond donors (Lipinski definition) is 1. The van der Waals surface area contributed by atoms with Crippen LogP contribution in [0.15, 0.2) is 18.5 Å². The van der Waals surface area contributed by atoms with Crippen LogP contribution in [0.1, 0.15) is 19.3 Å². The third-order valence-corrected chi connectivity index (χ3v) is 7.48. The minimum absolute atomic E-state index is 0.203. The second-order valence-corrected chi connectivity index (χ2v) is 9.95. The van der Waals surface area contributed by atoms with Gasteiger partial charge in [-0.15, -0.1) is 0 Å². The molecule has 0 radical (unpaired) electrons. The van der Waals surface area contributed by atoms with Crippen molar-refractivity contribution in [3.63, 3.8) is 0 Å². The van der Waals surface area contributed by atoms with Crippen molar-refractivity contribution >= 4 is 26.6 Å². The first-order valence-electron chi connectivity index (χ1n) is 9.46. The summed E-state index contributed by atoms with van der Waals surface area (Å²) < 4.78 is 32.5. The lowest BCUT2D eigenvalue weighted by molar-refractivity contribution is 0.180. The highest BCUT2D eigenvalue weighted by molar-refractivity contribution is 7.89. The fourth-order valence-electron chi connectivity index (χ4n) is 4.45. The third-order valence-electron chi connectivity index (χ3n) is 6.13. The van der Waals surface area contributed by atoms with Crippen LogP contribution in [0.4, 0.5) is 5.82 Å². The van der Waals surface area contributed by atoms with Gasteiger partial charge in [0.05, 0.1) is 19.7 Å². The molecule has 1 aromatic heterocycles. The summed E-state index contributed by atoms with van der Waals surface area (Å²) >= 11 is 0. The topological polar surface area (TPSA) is 91.6 Å². The Balaban J connectivity index is 1.60. The number of fused-ring (bicyclic) bond motifs is 1. The minimum Gasteiger partial charge on any atom is -0.493 e. The first-order valence-corrected chi connectivity index (χ1v) is 11.4. The number of nitrogens with zero attached hydrogens (tertiary/aromatic N) is 4. The summed E-state index contributed by atoms with van der Waals surface area (Å²) in [5.41, 5.74) is 1.04. The molecule has 1 atom stereocenters. The highest BCUT2D eigenvalue weighted by atomic mass is 32.2. The molecule has 2 aliphatic rings. The largest absolute Gasteiger partial charge is 0.493 e. The van der Waals surface area contributed by atoms with Crippen molar-refractivity contribution in [1.29, 1.82) is 4.78 Å². The molecular weight excluding hydrogens is 378 g/mol. The molecule has 2 saturated heterocycles. The van der Waals surface area contributed by atoms with Crippen LogP contribution < -0.4 is 14.4 Å². The minimum atomic E-state index is -2.61. The molecule has 0 aliphatic carbocycles. The number of nitrogens with one attached hydrogen (secondary N) is 1. The fraction of sp³-hybridized carbons (Fsp3) is 0.579. The van der Waals surface area contributed by atoms with Gasteiger partial charge in [-0.25, -0.2) is 23.3 Å². The predicted octanol–water partition coefficient (Wildman–Crippen LogP) is 2.53. The highest BCUT2D eigenvalue weighted by Gasteiger charge is 2.42. The third kappa shape index (κ3) is 3.37. The van der Waals surface area contributed by atoms with Gasteiger partial charge >= 0.3 is 0 Å². The van der Waals surface area contributed by atoms with Gasteiger partial charge in [0.15, 0.2) is 11.5 Å². The molecule has 2 fully saturated rings. The van der Waals surface area contributed by atoms with E-state index < -0.39 is 9.92 Å². The first kappa shape index (κ1) is 19.2. The highest BCUT2D eigenvalue weighted by Crippen LogP contribution is 2.43. The lowest BCUT2D eigenvalue weighted by Gasteiger charge is -2.39. The zero-order valence-corrected chi connectivity index (χ0v) is 17.4. The van der Waals surface area contributed by atoms with E-state index in [0.29, 0.717) is 11.5 Å². The lowest BCUT2D eigenvalue weighted by Crippen LogP contribution is -2.43. The molecule has 2 aliphatic heterocycles. The average molecular weight is 406 g/mol. The van der Waals surface area contributed by atoms with Crippen molar-refractivity contribution in [2.75, 3.05) is 51.6 Å². The van der Waals surface area contributed by atoms with E-state index in [4.69, 9.17) is 14.3 Å². The normalized spacial score (nSPS) is 21.8. The monoisotopic (exact) mass is 405 g/mol. The van der Waals surface area contributed by atoms with Gasteiger partial charge in [0.25, 0.3) is 0 Å². The van der Waals surface area contributed by atoms with Crippen LogP contribution in [0.5, 0.6) is 11.5 Å². The number of aromatic nitrogens is 2. The Bertz CT molecular complexity index is 986. The van der Waals surface area contributed by atoms with Crippen LogP contribution in [-0.4, -0.2) is 65.1 Å². The number of ether oxygens (including phenoxy) is 2. The second kappa shape index (κ2) is 7.04. The van der Waals surface area contributed by atoms with E-state index in [-0.39, 0.29) is 5.41 Å². The summed E-state index contributed by atoms with van der Waals surface area (Å²) in [5, 5.41) is 0.956. The molecule has 0 amide bonds. The van der Waals surface area contributed by atoms with Crippen molar-refractivity contribution in [3.8, 4) is 11.5 Å². The number of rotatable bonds is 4. The number of anilines is 1. The summed E-state index contributed by atoms with van der Waals surface area (Å²) in [7, 11) is 0.640. The quantitative estimate of drug-likeness (QED) is 0.840. The Morgan fingerprint density at radius 2 is 1.71 bits per heavy atom.